The van der Waals surface area contributed by atoms with Gasteiger partial charge >= 0.3 is 0 Å². The van der Waals surface area contributed by atoms with Crippen LogP contribution in [0.2, 0.25) is 0 Å². The first-order valence-corrected chi connectivity index (χ1v) is 12.0. The van der Waals surface area contributed by atoms with Crippen LogP contribution in [0.4, 0.5) is 0 Å². The van der Waals surface area contributed by atoms with Crippen LogP contribution in [0.15, 0.2) is 66.7 Å². The van der Waals surface area contributed by atoms with Crippen LogP contribution in [0.5, 0.6) is 5.75 Å². The zero-order chi connectivity index (χ0) is 23.9. The molecule has 176 valence electrons. The first-order chi connectivity index (χ1) is 16.5. The Labute approximate surface area is 201 Å². The minimum Gasteiger partial charge on any atom is -0.497 e. The van der Waals surface area contributed by atoms with Gasteiger partial charge in [-0.3, -0.25) is 4.79 Å². The summed E-state index contributed by atoms with van der Waals surface area (Å²) < 4.78 is 7.56. The lowest BCUT2D eigenvalue weighted by molar-refractivity contribution is 0.0952. The summed E-state index contributed by atoms with van der Waals surface area (Å²) >= 11 is 0. The van der Waals surface area contributed by atoms with E-state index in [-0.39, 0.29) is 5.91 Å². The summed E-state index contributed by atoms with van der Waals surface area (Å²) in [4.78, 5) is 17.3. The van der Waals surface area contributed by atoms with Crippen molar-refractivity contribution in [2.45, 2.75) is 46.1 Å². The molecule has 3 aromatic carbocycles. The van der Waals surface area contributed by atoms with Crippen LogP contribution in [0.1, 0.15) is 52.1 Å². The fraction of sp³-hybridized carbons (Fsp3) is 0.310. The molecule has 1 aromatic heterocycles. The number of nitrogens with zero attached hydrogens (tertiary/aromatic N) is 2. The maximum atomic E-state index is 12.4. The van der Waals surface area contributed by atoms with E-state index in [4.69, 9.17) is 9.72 Å². The van der Waals surface area contributed by atoms with Gasteiger partial charge in [-0.1, -0.05) is 48.4 Å². The Morgan fingerprint density at radius 1 is 0.971 bits per heavy atom. The SMILES string of the molecule is COc1cccc(C(=O)NCCCCCc2nc3ccccc3n2Cc2cc(C)ccc2C)c1. The van der Waals surface area contributed by atoms with Gasteiger partial charge in [0.05, 0.1) is 18.1 Å². The molecule has 34 heavy (non-hydrogen) atoms. The number of ether oxygens (including phenoxy) is 1. The van der Waals surface area contributed by atoms with Crippen molar-refractivity contribution in [3.05, 3.63) is 94.8 Å². The highest BCUT2D eigenvalue weighted by molar-refractivity contribution is 5.94. The molecule has 0 radical (unpaired) electrons. The van der Waals surface area contributed by atoms with Crippen LogP contribution >= 0.6 is 0 Å². The second kappa shape index (κ2) is 11.0. The molecule has 0 unspecified atom stereocenters. The van der Waals surface area contributed by atoms with Gasteiger partial charge in [-0.05, 0) is 68.1 Å². The normalized spacial score (nSPS) is 11.0. The minimum atomic E-state index is -0.0609. The molecule has 0 spiro atoms. The molecule has 4 rings (SSSR count). The maximum absolute atomic E-state index is 12.4. The Hall–Kier alpha value is -3.60. The Balaban J connectivity index is 1.34. The number of benzene rings is 3. The molecule has 5 heteroatoms. The van der Waals surface area contributed by atoms with Crippen LogP contribution in [0, 0.1) is 13.8 Å². The maximum Gasteiger partial charge on any atom is 0.251 e. The summed E-state index contributed by atoms with van der Waals surface area (Å²) in [5, 5.41) is 3.01. The number of nitrogens with one attached hydrogen (secondary N) is 1. The summed E-state index contributed by atoms with van der Waals surface area (Å²) in [6.07, 6.45) is 3.92. The standard InChI is InChI=1S/C29H33N3O2/c1-21-15-16-22(2)24(18-21)20-32-27-13-7-6-12-26(27)31-28(32)14-5-4-8-17-30-29(33)23-10-9-11-25(19-23)34-3/h6-7,9-13,15-16,18-19H,4-5,8,14,17,20H2,1-3H3,(H,30,33). The smallest absolute Gasteiger partial charge is 0.251 e. The number of hydrogen-bond acceptors (Lipinski definition) is 3. The van der Waals surface area contributed by atoms with Gasteiger partial charge in [0.1, 0.15) is 11.6 Å². The fourth-order valence-electron chi connectivity index (χ4n) is 4.29. The fourth-order valence-corrected chi connectivity index (χ4v) is 4.29. The number of rotatable bonds is 10. The quantitative estimate of drug-likeness (QED) is 0.305. The Morgan fingerprint density at radius 3 is 2.68 bits per heavy atom. The molecule has 0 aliphatic carbocycles. The van der Waals surface area contributed by atoms with E-state index in [2.05, 4.69) is 60.1 Å². The minimum absolute atomic E-state index is 0.0609. The van der Waals surface area contributed by atoms with Crippen LogP contribution < -0.4 is 10.1 Å². The van der Waals surface area contributed by atoms with Crippen LogP contribution in [-0.2, 0) is 13.0 Å². The largest absolute Gasteiger partial charge is 0.497 e. The van der Waals surface area contributed by atoms with Gasteiger partial charge in [0.25, 0.3) is 5.91 Å². The van der Waals surface area contributed by atoms with E-state index < -0.39 is 0 Å². The molecular weight excluding hydrogens is 422 g/mol. The molecule has 0 fully saturated rings. The third-order valence-electron chi connectivity index (χ3n) is 6.26. The lowest BCUT2D eigenvalue weighted by atomic mass is 10.1. The van der Waals surface area contributed by atoms with Crippen LogP contribution in [0.25, 0.3) is 11.0 Å². The van der Waals surface area contributed by atoms with Gasteiger partial charge in [-0.15, -0.1) is 0 Å². The molecule has 4 aromatic rings. The van der Waals surface area contributed by atoms with Crippen molar-refractivity contribution in [1.29, 1.82) is 0 Å². The van der Waals surface area contributed by atoms with E-state index in [0.717, 1.165) is 43.6 Å². The average Bonchev–Trinajstić information content (AvgIpc) is 3.20. The van der Waals surface area contributed by atoms with Gasteiger partial charge in [-0.25, -0.2) is 4.98 Å². The predicted octanol–water partition coefficient (Wildman–Crippen LogP) is 5.85. The summed E-state index contributed by atoms with van der Waals surface area (Å²) in [6.45, 7) is 5.81. The topological polar surface area (TPSA) is 56.1 Å². The van der Waals surface area contributed by atoms with Crippen molar-refractivity contribution in [1.82, 2.24) is 14.9 Å². The van der Waals surface area contributed by atoms with Gasteiger partial charge < -0.3 is 14.6 Å². The molecule has 1 amide bonds. The molecule has 0 aliphatic rings. The summed E-state index contributed by atoms with van der Waals surface area (Å²) in [6, 6.07) is 22.2. The molecular formula is C29H33N3O2. The first-order valence-electron chi connectivity index (χ1n) is 12.0. The van der Waals surface area contributed by atoms with Crippen LogP contribution in [-0.4, -0.2) is 29.1 Å². The number of aryl methyl sites for hydroxylation is 3. The van der Waals surface area contributed by atoms with Crippen molar-refractivity contribution in [2.24, 2.45) is 0 Å². The molecule has 5 nitrogen and oxygen atoms in total. The van der Waals surface area contributed by atoms with Gasteiger partial charge in [0.15, 0.2) is 0 Å². The van der Waals surface area contributed by atoms with E-state index in [1.807, 2.05) is 18.2 Å². The Kier molecular flexibility index (Phi) is 7.63. The molecule has 1 N–H and O–H groups in total. The number of methoxy groups -OCH3 is 1. The van der Waals surface area contributed by atoms with E-state index in [1.165, 1.54) is 22.2 Å². The highest BCUT2D eigenvalue weighted by Crippen LogP contribution is 2.21. The van der Waals surface area contributed by atoms with E-state index in [9.17, 15) is 4.79 Å². The van der Waals surface area contributed by atoms with Crippen LogP contribution in [0.3, 0.4) is 0 Å². The highest BCUT2D eigenvalue weighted by Gasteiger charge is 2.12. The number of aromatic nitrogens is 2. The number of unbranched alkanes of at least 4 members (excludes halogenated alkanes) is 2. The molecule has 0 bridgehead atoms. The van der Waals surface area contributed by atoms with Crippen molar-refractivity contribution < 1.29 is 9.53 Å². The molecule has 0 atom stereocenters. The van der Waals surface area contributed by atoms with Crippen molar-refractivity contribution in [3.8, 4) is 5.75 Å². The summed E-state index contributed by atoms with van der Waals surface area (Å²) in [5.74, 6) is 1.76. The van der Waals surface area contributed by atoms with Crippen molar-refractivity contribution >= 4 is 16.9 Å². The lowest BCUT2D eigenvalue weighted by Gasteiger charge is -2.12. The number of para-hydroxylation sites is 2. The molecule has 0 aliphatic heterocycles. The number of hydrogen-bond donors (Lipinski definition) is 1. The van der Waals surface area contributed by atoms with Crippen molar-refractivity contribution in [2.75, 3.05) is 13.7 Å². The Morgan fingerprint density at radius 2 is 1.82 bits per heavy atom. The number of carbonyl (C=O) groups is 1. The summed E-state index contributed by atoms with van der Waals surface area (Å²) in [7, 11) is 1.60. The predicted molar refractivity (Wildman–Crippen MR) is 138 cm³/mol. The monoisotopic (exact) mass is 455 g/mol. The zero-order valence-electron chi connectivity index (χ0n) is 20.3. The van der Waals surface area contributed by atoms with Crippen molar-refractivity contribution in [3.63, 3.8) is 0 Å². The van der Waals surface area contributed by atoms with E-state index >= 15 is 0 Å². The molecule has 0 saturated carbocycles. The number of imidazole rings is 1. The number of amides is 1. The third kappa shape index (κ3) is 5.66. The third-order valence-corrected chi connectivity index (χ3v) is 6.26. The molecule has 0 saturated heterocycles. The average molecular weight is 456 g/mol. The van der Waals surface area contributed by atoms with E-state index in [0.29, 0.717) is 17.9 Å². The van der Waals surface area contributed by atoms with Gasteiger partial charge in [-0.2, -0.15) is 0 Å². The molecule has 1 heterocycles. The van der Waals surface area contributed by atoms with Gasteiger partial charge in [0, 0.05) is 25.1 Å². The second-order valence-electron chi connectivity index (χ2n) is 8.83. The van der Waals surface area contributed by atoms with E-state index in [1.54, 1.807) is 19.2 Å². The lowest BCUT2D eigenvalue weighted by Crippen LogP contribution is -2.24. The zero-order valence-corrected chi connectivity index (χ0v) is 20.3. The Bertz CT molecular complexity index is 1280. The highest BCUT2D eigenvalue weighted by atomic mass is 16.5. The second-order valence-corrected chi connectivity index (χ2v) is 8.83. The number of fused-ring (bicyclic) bond motifs is 1. The number of carbonyl (C=O) groups excluding carboxylic acids is 1. The van der Waals surface area contributed by atoms with Gasteiger partial charge in [0.2, 0.25) is 0 Å². The first kappa shape index (κ1) is 23.6. The summed E-state index contributed by atoms with van der Waals surface area (Å²) in [5.41, 5.74) is 6.78.